The summed E-state index contributed by atoms with van der Waals surface area (Å²) in [6.45, 7) is 5.32. The summed E-state index contributed by atoms with van der Waals surface area (Å²) in [5.74, 6) is -0.336. The Morgan fingerprint density at radius 1 is 1.46 bits per heavy atom. The summed E-state index contributed by atoms with van der Waals surface area (Å²) in [5.41, 5.74) is -0.492. The maximum Gasteiger partial charge on any atom is 0.306 e. The second-order valence-corrected chi connectivity index (χ2v) is 4.71. The van der Waals surface area contributed by atoms with Gasteiger partial charge in [-0.3, -0.25) is 9.00 Å². The average molecular weight is 207 g/mol. The van der Waals surface area contributed by atoms with Crippen molar-refractivity contribution in [3.63, 3.8) is 0 Å². The Hall–Kier alpha value is -0.420. The Kier molecular flexibility index (Phi) is 5.17. The lowest BCUT2D eigenvalue weighted by Crippen LogP contribution is -2.23. The molecular formula is C8H15O4S-. The summed E-state index contributed by atoms with van der Waals surface area (Å²) >= 11 is -2.06. The quantitative estimate of drug-likeness (QED) is 0.509. The summed E-state index contributed by atoms with van der Waals surface area (Å²) < 4.78 is 25.2. The van der Waals surface area contributed by atoms with E-state index in [1.54, 1.807) is 20.8 Å². The molecular weight excluding hydrogens is 192 g/mol. The van der Waals surface area contributed by atoms with Gasteiger partial charge in [-0.15, -0.1) is 0 Å². The minimum atomic E-state index is -2.06. The zero-order valence-electron chi connectivity index (χ0n) is 8.16. The molecule has 0 spiro atoms. The van der Waals surface area contributed by atoms with Gasteiger partial charge < -0.3 is 9.29 Å². The molecule has 1 unspecified atom stereocenters. The predicted molar refractivity (Wildman–Crippen MR) is 48.9 cm³/mol. The Morgan fingerprint density at radius 2 is 2.00 bits per heavy atom. The molecule has 0 heterocycles. The molecule has 0 aliphatic rings. The Morgan fingerprint density at radius 3 is 2.38 bits per heavy atom. The van der Waals surface area contributed by atoms with Crippen molar-refractivity contribution >= 4 is 17.0 Å². The lowest BCUT2D eigenvalue weighted by molar-refractivity contribution is -0.154. The van der Waals surface area contributed by atoms with Gasteiger partial charge in [-0.2, -0.15) is 0 Å². The van der Waals surface area contributed by atoms with Crippen molar-refractivity contribution in [2.45, 2.75) is 39.2 Å². The Labute approximate surface area is 80.9 Å². The molecule has 0 bridgehead atoms. The summed E-state index contributed by atoms with van der Waals surface area (Å²) in [4.78, 5) is 11.0. The fraction of sp³-hybridized carbons (Fsp3) is 0.875. The van der Waals surface area contributed by atoms with Gasteiger partial charge in [0.25, 0.3) is 0 Å². The van der Waals surface area contributed by atoms with Crippen molar-refractivity contribution in [1.82, 2.24) is 0 Å². The van der Waals surface area contributed by atoms with Crippen LogP contribution in [-0.2, 0) is 20.6 Å². The molecule has 0 aromatic heterocycles. The van der Waals surface area contributed by atoms with E-state index in [-0.39, 0.29) is 18.1 Å². The standard InChI is InChI=1S/C8H16O4S/c1-8(2,3)12-7(9)5-4-6-13(10)11/h4-6H2,1-3H3,(H,10,11)/p-1. The molecule has 0 rings (SSSR count). The fourth-order valence-electron chi connectivity index (χ4n) is 0.727. The molecule has 0 fully saturated rings. The van der Waals surface area contributed by atoms with Crippen molar-refractivity contribution in [2.24, 2.45) is 0 Å². The lowest BCUT2D eigenvalue weighted by atomic mass is 10.2. The third kappa shape index (κ3) is 9.49. The van der Waals surface area contributed by atoms with E-state index >= 15 is 0 Å². The Balaban J connectivity index is 3.59. The van der Waals surface area contributed by atoms with Crippen LogP contribution in [0.4, 0.5) is 0 Å². The summed E-state index contributed by atoms with van der Waals surface area (Å²) in [7, 11) is 0. The maximum atomic E-state index is 11.0. The molecule has 5 heteroatoms. The van der Waals surface area contributed by atoms with Crippen LogP contribution in [0.1, 0.15) is 33.6 Å². The van der Waals surface area contributed by atoms with Gasteiger partial charge >= 0.3 is 5.97 Å². The normalized spacial score (nSPS) is 13.8. The highest BCUT2D eigenvalue weighted by molar-refractivity contribution is 7.79. The zero-order chi connectivity index (χ0) is 10.5. The summed E-state index contributed by atoms with van der Waals surface area (Å²) in [6, 6.07) is 0. The molecule has 0 aliphatic carbocycles. The van der Waals surface area contributed by atoms with Gasteiger partial charge in [-0.1, -0.05) is 11.1 Å². The third-order valence-electron chi connectivity index (χ3n) is 1.11. The highest BCUT2D eigenvalue weighted by atomic mass is 32.2. The van der Waals surface area contributed by atoms with Crippen LogP contribution in [0, 0.1) is 0 Å². The second-order valence-electron chi connectivity index (χ2n) is 3.70. The first-order valence-electron chi connectivity index (χ1n) is 4.09. The highest BCUT2D eigenvalue weighted by Gasteiger charge is 2.15. The first-order chi connectivity index (χ1) is 5.81. The molecule has 0 amide bonds. The molecule has 0 saturated carbocycles. The molecule has 13 heavy (non-hydrogen) atoms. The molecule has 0 aromatic rings. The van der Waals surface area contributed by atoms with Gasteiger partial charge in [-0.25, -0.2) is 0 Å². The van der Waals surface area contributed by atoms with Gasteiger partial charge in [-0.05, 0) is 27.2 Å². The number of rotatable bonds is 4. The molecule has 0 radical (unpaired) electrons. The summed E-state index contributed by atoms with van der Waals surface area (Å²) in [5, 5.41) is 0. The zero-order valence-corrected chi connectivity index (χ0v) is 8.98. The Bertz CT molecular complexity index is 195. The molecule has 0 N–H and O–H groups in total. The van der Waals surface area contributed by atoms with Crippen molar-refractivity contribution < 1.29 is 18.3 Å². The number of hydrogen-bond donors (Lipinski definition) is 0. The molecule has 1 atom stereocenters. The molecule has 0 aromatic carbocycles. The van der Waals surface area contributed by atoms with Crippen LogP contribution in [0.25, 0.3) is 0 Å². The SMILES string of the molecule is CC(C)(C)OC(=O)CCCS(=O)[O-]. The van der Waals surface area contributed by atoms with E-state index < -0.39 is 16.7 Å². The van der Waals surface area contributed by atoms with E-state index in [1.165, 1.54) is 0 Å². The van der Waals surface area contributed by atoms with Crippen LogP contribution in [-0.4, -0.2) is 26.1 Å². The van der Waals surface area contributed by atoms with E-state index in [4.69, 9.17) is 4.74 Å². The van der Waals surface area contributed by atoms with Crippen LogP contribution < -0.4 is 0 Å². The average Bonchev–Trinajstić information content (AvgIpc) is 1.81. The largest absolute Gasteiger partial charge is 0.772 e. The van der Waals surface area contributed by atoms with Crippen LogP contribution in [0.5, 0.6) is 0 Å². The van der Waals surface area contributed by atoms with Crippen molar-refractivity contribution in [3.05, 3.63) is 0 Å². The van der Waals surface area contributed by atoms with Crippen LogP contribution in [0.3, 0.4) is 0 Å². The summed E-state index contributed by atoms with van der Waals surface area (Å²) in [6.07, 6.45) is 0.482. The van der Waals surface area contributed by atoms with E-state index in [2.05, 4.69) is 0 Å². The first-order valence-corrected chi connectivity index (χ1v) is 5.33. The lowest BCUT2D eigenvalue weighted by Gasteiger charge is -2.19. The van der Waals surface area contributed by atoms with E-state index in [0.29, 0.717) is 6.42 Å². The minimum absolute atomic E-state index is 0.0131. The number of esters is 1. The smallest absolute Gasteiger partial charge is 0.306 e. The number of hydrogen-bond acceptors (Lipinski definition) is 4. The number of carbonyl (C=O) groups excluding carboxylic acids is 1. The number of ether oxygens (including phenoxy) is 1. The van der Waals surface area contributed by atoms with E-state index in [9.17, 15) is 13.6 Å². The van der Waals surface area contributed by atoms with Gasteiger partial charge in [0, 0.05) is 12.2 Å². The van der Waals surface area contributed by atoms with Gasteiger partial charge in [0.05, 0.1) is 0 Å². The van der Waals surface area contributed by atoms with Crippen LogP contribution in [0.2, 0.25) is 0 Å². The van der Waals surface area contributed by atoms with Crippen LogP contribution in [0.15, 0.2) is 0 Å². The molecule has 4 nitrogen and oxygen atoms in total. The maximum absolute atomic E-state index is 11.0. The first kappa shape index (κ1) is 12.6. The number of carbonyl (C=O) groups is 1. The second kappa shape index (κ2) is 5.34. The van der Waals surface area contributed by atoms with Gasteiger partial charge in [0.15, 0.2) is 0 Å². The monoisotopic (exact) mass is 207 g/mol. The van der Waals surface area contributed by atoms with Gasteiger partial charge in [0.1, 0.15) is 5.60 Å². The fourth-order valence-corrected chi connectivity index (χ4v) is 1.11. The minimum Gasteiger partial charge on any atom is -0.772 e. The predicted octanol–water partition coefficient (Wildman–Crippen LogP) is 0.987. The van der Waals surface area contributed by atoms with E-state index in [0.717, 1.165) is 0 Å². The van der Waals surface area contributed by atoms with Crippen molar-refractivity contribution in [2.75, 3.05) is 5.75 Å². The molecule has 0 aliphatic heterocycles. The van der Waals surface area contributed by atoms with Crippen molar-refractivity contribution in [1.29, 1.82) is 0 Å². The highest BCUT2D eigenvalue weighted by Crippen LogP contribution is 2.08. The molecule has 78 valence electrons. The third-order valence-corrected chi connectivity index (χ3v) is 1.73. The van der Waals surface area contributed by atoms with E-state index in [1.807, 2.05) is 0 Å². The van der Waals surface area contributed by atoms with Crippen molar-refractivity contribution in [3.8, 4) is 0 Å². The molecule has 0 saturated heterocycles. The van der Waals surface area contributed by atoms with Crippen LogP contribution >= 0.6 is 0 Å². The topological polar surface area (TPSA) is 66.4 Å². The van der Waals surface area contributed by atoms with Gasteiger partial charge in [0.2, 0.25) is 0 Å².